The third-order valence-corrected chi connectivity index (χ3v) is 3.81. The highest BCUT2D eigenvalue weighted by molar-refractivity contribution is 5.01. The van der Waals surface area contributed by atoms with Crippen LogP contribution in [0.15, 0.2) is 12.5 Å². The summed E-state index contributed by atoms with van der Waals surface area (Å²) in [6, 6.07) is 0. The van der Waals surface area contributed by atoms with Gasteiger partial charge < -0.3 is 14.6 Å². The summed E-state index contributed by atoms with van der Waals surface area (Å²) in [4.78, 5) is 4.26. The van der Waals surface area contributed by atoms with Gasteiger partial charge in [-0.05, 0) is 31.7 Å². The molecule has 0 atom stereocenters. The summed E-state index contributed by atoms with van der Waals surface area (Å²) >= 11 is 0. The zero-order chi connectivity index (χ0) is 13.0. The minimum absolute atomic E-state index is 0.0630. The van der Waals surface area contributed by atoms with Crippen LogP contribution in [-0.4, -0.2) is 28.8 Å². The Balaban J connectivity index is 1.91. The quantitative estimate of drug-likeness (QED) is 0.807. The van der Waals surface area contributed by atoms with Gasteiger partial charge >= 0.3 is 0 Å². The Hall–Kier alpha value is -0.870. The molecule has 1 aliphatic carbocycles. The van der Waals surface area contributed by atoms with Crippen molar-refractivity contribution in [2.75, 3.05) is 13.7 Å². The molecule has 0 spiro atoms. The van der Waals surface area contributed by atoms with Crippen LogP contribution in [0, 0.1) is 5.92 Å². The number of nitrogens with one attached hydrogen (secondary N) is 1. The summed E-state index contributed by atoms with van der Waals surface area (Å²) in [5.41, 5.74) is 1.31. The Morgan fingerprint density at radius 2 is 2.28 bits per heavy atom. The van der Waals surface area contributed by atoms with Gasteiger partial charge in [0.1, 0.15) is 0 Å². The van der Waals surface area contributed by atoms with Crippen LogP contribution in [0.25, 0.3) is 0 Å². The lowest BCUT2D eigenvalue weighted by atomic mass is 9.80. The van der Waals surface area contributed by atoms with Gasteiger partial charge in [0.2, 0.25) is 0 Å². The molecule has 1 aliphatic rings. The van der Waals surface area contributed by atoms with Crippen molar-refractivity contribution in [3.05, 3.63) is 18.2 Å². The second-order valence-electron chi connectivity index (χ2n) is 5.78. The van der Waals surface area contributed by atoms with Crippen molar-refractivity contribution >= 4 is 0 Å². The van der Waals surface area contributed by atoms with Crippen molar-refractivity contribution in [3.63, 3.8) is 0 Å². The maximum Gasteiger partial charge on any atom is 0.0949 e. The number of hydrogen-bond donors (Lipinski definition) is 1. The van der Waals surface area contributed by atoms with E-state index in [9.17, 15) is 0 Å². The first-order valence-corrected chi connectivity index (χ1v) is 6.90. The van der Waals surface area contributed by atoms with Gasteiger partial charge in [0.05, 0.1) is 24.2 Å². The molecule has 0 aromatic carbocycles. The first kappa shape index (κ1) is 13.6. The van der Waals surface area contributed by atoms with Crippen LogP contribution in [0.4, 0.5) is 0 Å². The fraction of sp³-hybridized carbons (Fsp3) is 0.786. The molecule has 4 nitrogen and oxygen atoms in total. The van der Waals surface area contributed by atoms with Gasteiger partial charge in [-0.1, -0.05) is 13.8 Å². The number of nitrogens with zero attached hydrogens (tertiary/aromatic N) is 2. The van der Waals surface area contributed by atoms with E-state index in [1.165, 1.54) is 25.0 Å². The molecule has 0 aliphatic heterocycles. The lowest BCUT2D eigenvalue weighted by molar-refractivity contribution is -0.0839. The summed E-state index contributed by atoms with van der Waals surface area (Å²) < 4.78 is 7.91. The Morgan fingerprint density at radius 3 is 2.83 bits per heavy atom. The van der Waals surface area contributed by atoms with Crippen molar-refractivity contribution in [1.82, 2.24) is 14.9 Å². The highest BCUT2D eigenvalue weighted by Crippen LogP contribution is 2.36. The first-order valence-electron chi connectivity index (χ1n) is 6.90. The molecule has 1 heterocycles. The van der Waals surface area contributed by atoms with E-state index in [-0.39, 0.29) is 5.60 Å². The van der Waals surface area contributed by atoms with E-state index in [4.69, 9.17) is 4.74 Å². The van der Waals surface area contributed by atoms with Gasteiger partial charge in [-0.2, -0.15) is 0 Å². The first-order chi connectivity index (χ1) is 8.65. The molecule has 4 heteroatoms. The van der Waals surface area contributed by atoms with Crippen LogP contribution in [0.3, 0.4) is 0 Å². The van der Waals surface area contributed by atoms with E-state index >= 15 is 0 Å². The van der Waals surface area contributed by atoms with Crippen molar-refractivity contribution in [1.29, 1.82) is 0 Å². The van der Waals surface area contributed by atoms with E-state index < -0.39 is 0 Å². The minimum atomic E-state index is 0.0630. The molecule has 102 valence electrons. The molecule has 0 bridgehead atoms. The highest BCUT2D eigenvalue weighted by Gasteiger charge is 2.37. The third-order valence-electron chi connectivity index (χ3n) is 3.81. The van der Waals surface area contributed by atoms with Crippen molar-refractivity contribution in [2.45, 2.75) is 51.8 Å². The van der Waals surface area contributed by atoms with E-state index in [1.807, 2.05) is 19.6 Å². The summed E-state index contributed by atoms with van der Waals surface area (Å²) in [5, 5.41) is 3.47. The maximum atomic E-state index is 5.68. The molecular formula is C14H25N3O. The Labute approximate surface area is 110 Å². The summed E-state index contributed by atoms with van der Waals surface area (Å²) in [7, 11) is 1.83. The van der Waals surface area contributed by atoms with Crippen LogP contribution in [0.5, 0.6) is 0 Å². The van der Waals surface area contributed by atoms with Crippen molar-refractivity contribution < 1.29 is 4.74 Å². The van der Waals surface area contributed by atoms with Gasteiger partial charge in [-0.15, -0.1) is 0 Å². The largest absolute Gasteiger partial charge is 0.376 e. The molecule has 2 rings (SSSR count). The maximum absolute atomic E-state index is 5.68. The SMILES string of the molecule is COC1(Cn2cncc2CNCC(C)C)CCC1. The fourth-order valence-electron chi connectivity index (χ4n) is 2.43. The third kappa shape index (κ3) is 3.12. The molecule has 0 unspecified atom stereocenters. The summed E-state index contributed by atoms with van der Waals surface area (Å²) in [5.74, 6) is 0.679. The van der Waals surface area contributed by atoms with E-state index in [0.29, 0.717) is 5.92 Å². The zero-order valence-corrected chi connectivity index (χ0v) is 11.8. The molecule has 0 radical (unpaired) electrons. The Bertz CT molecular complexity index is 363. The van der Waals surface area contributed by atoms with Gasteiger partial charge in [0.15, 0.2) is 0 Å². The normalized spacial score (nSPS) is 18.0. The average molecular weight is 251 g/mol. The fourth-order valence-corrected chi connectivity index (χ4v) is 2.43. The van der Waals surface area contributed by atoms with Gasteiger partial charge in [-0.25, -0.2) is 4.98 Å². The van der Waals surface area contributed by atoms with Crippen LogP contribution < -0.4 is 5.32 Å². The molecule has 1 fully saturated rings. The number of hydrogen-bond acceptors (Lipinski definition) is 3. The molecule has 1 aromatic heterocycles. The predicted molar refractivity (Wildman–Crippen MR) is 72.4 cm³/mol. The van der Waals surface area contributed by atoms with E-state index in [1.54, 1.807) is 0 Å². The Kier molecular flexibility index (Phi) is 4.40. The smallest absolute Gasteiger partial charge is 0.0949 e. The number of rotatable bonds is 7. The lowest BCUT2D eigenvalue weighted by Gasteiger charge is -2.41. The molecule has 0 saturated heterocycles. The second-order valence-corrected chi connectivity index (χ2v) is 5.78. The van der Waals surface area contributed by atoms with Gasteiger partial charge in [0, 0.05) is 19.9 Å². The summed E-state index contributed by atoms with van der Waals surface area (Å²) in [6.07, 6.45) is 7.49. The molecule has 1 N–H and O–H groups in total. The lowest BCUT2D eigenvalue weighted by Crippen LogP contribution is -2.43. The zero-order valence-electron chi connectivity index (χ0n) is 11.8. The monoisotopic (exact) mass is 251 g/mol. The van der Waals surface area contributed by atoms with Crippen LogP contribution >= 0.6 is 0 Å². The number of ether oxygens (including phenoxy) is 1. The van der Waals surface area contributed by atoms with Crippen molar-refractivity contribution in [3.8, 4) is 0 Å². The van der Waals surface area contributed by atoms with Crippen LogP contribution in [-0.2, 0) is 17.8 Å². The molecular weight excluding hydrogens is 226 g/mol. The van der Waals surface area contributed by atoms with Gasteiger partial charge in [-0.3, -0.25) is 0 Å². The molecule has 1 saturated carbocycles. The average Bonchev–Trinajstić information content (AvgIpc) is 2.70. The topological polar surface area (TPSA) is 39.1 Å². The number of imidazole rings is 1. The minimum Gasteiger partial charge on any atom is -0.376 e. The van der Waals surface area contributed by atoms with Crippen molar-refractivity contribution in [2.24, 2.45) is 5.92 Å². The molecule has 0 amide bonds. The van der Waals surface area contributed by atoms with Crippen LogP contribution in [0.2, 0.25) is 0 Å². The second kappa shape index (κ2) is 5.85. The molecule has 18 heavy (non-hydrogen) atoms. The van der Waals surface area contributed by atoms with Crippen LogP contribution in [0.1, 0.15) is 38.8 Å². The molecule has 1 aromatic rings. The standard InChI is InChI=1S/C14H25N3O/c1-12(2)7-15-8-13-9-16-11-17(13)10-14(18-3)5-4-6-14/h9,11-12,15H,4-8,10H2,1-3H3. The highest BCUT2D eigenvalue weighted by atomic mass is 16.5. The Morgan fingerprint density at radius 1 is 1.50 bits per heavy atom. The number of methoxy groups -OCH3 is 1. The van der Waals surface area contributed by atoms with Gasteiger partial charge in [0.25, 0.3) is 0 Å². The van der Waals surface area contributed by atoms with E-state index in [2.05, 4.69) is 28.7 Å². The van der Waals surface area contributed by atoms with E-state index in [0.717, 1.165) is 19.6 Å². The summed E-state index contributed by atoms with van der Waals surface area (Å²) in [6.45, 7) is 7.30. The number of aromatic nitrogens is 2. The predicted octanol–water partition coefficient (Wildman–Crippen LogP) is 2.20.